The van der Waals surface area contributed by atoms with Gasteiger partial charge in [0.05, 0.1) is 28.9 Å². The van der Waals surface area contributed by atoms with Crippen LogP contribution in [-0.2, 0) is 4.74 Å². The fourth-order valence-corrected chi connectivity index (χ4v) is 4.02. The third-order valence-electron chi connectivity index (χ3n) is 4.27. The lowest BCUT2D eigenvalue weighted by molar-refractivity contribution is -0.384. The molecule has 2 fully saturated rings. The summed E-state index contributed by atoms with van der Waals surface area (Å²) in [7, 11) is 0. The van der Waals surface area contributed by atoms with E-state index in [0.717, 1.165) is 18.2 Å². The van der Waals surface area contributed by atoms with E-state index >= 15 is 0 Å². The van der Waals surface area contributed by atoms with Gasteiger partial charge in [0.1, 0.15) is 0 Å². The van der Waals surface area contributed by atoms with Gasteiger partial charge in [-0.1, -0.05) is 11.3 Å². The second-order valence-corrected chi connectivity index (χ2v) is 6.90. The highest BCUT2D eigenvalue weighted by Gasteiger charge is 2.29. The van der Waals surface area contributed by atoms with Crippen LogP contribution in [0.4, 0.5) is 16.6 Å². The summed E-state index contributed by atoms with van der Waals surface area (Å²) in [4.78, 5) is 23.9. The number of thiazole rings is 1. The molecule has 0 aromatic carbocycles. The van der Waals surface area contributed by atoms with Crippen LogP contribution in [0.3, 0.4) is 0 Å². The summed E-state index contributed by atoms with van der Waals surface area (Å²) in [6.07, 6.45) is 0.119. The molecule has 0 aliphatic carbocycles. The molecule has 2 aromatic heterocycles. The largest absolute Gasteiger partial charge is 0.391 e. The van der Waals surface area contributed by atoms with Crippen molar-refractivity contribution in [2.24, 2.45) is 0 Å². The highest BCUT2D eigenvalue weighted by molar-refractivity contribution is 7.22. The van der Waals surface area contributed by atoms with Crippen molar-refractivity contribution in [1.29, 1.82) is 0 Å². The first-order valence-electron chi connectivity index (χ1n) is 7.83. The minimum Gasteiger partial charge on any atom is -0.391 e. The van der Waals surface area contributed by atoms with Crippen molar-refractivity contribution in [3.8, 4) is 0 Å². The van der Waals surface area contributed by atoms with Gasteiger partial charge in [-0.25, -0.2) is 4.98 Å². The fourth-order valence-electron chi connectivity index (χ4n) is 3.02. The maximum Gasteiger partial charge on any atom is 0.313 e. The lowest BCUT2D eigenvalue weighted by Crippen LogP contribution is -2.36. The van der Waals surface area contributed by atoms with Gasteiger partial charge in [-0.15, -0.1) is 0 Å². The van der Waals surface area contributed by atoms with E-state index in [9.17, 15) is 15.2 Å². The van der Waals surface area contributed by atoms with Crippen LogP contribution in [-0.4, -0.2) is 65.5 Å². The van der Waals surface area contributed by atoms with Gasteiger partial charge in [-0.2, -0.15) is 4.98 Å². The van der Waals surface area contributed by atoms with Gasteiger partial charge in [0.15, 0.2) is 10.8 Å². The van der Waals surface area contributed by atoms with Gasteiger partial charge < -0.3 is 19.6 Å². The number of hydrogen-bond acceptors (Lipinski definition) is 9. The molecule has 24 heavy (non-hydrogen) atoms. The van der Waals surface area contributed by atoms with E-state index in [1.54, 1.807) is 11.0 Å². The maximum atomic E-state index is 11.4. The SMILES string of the molecule is O=[N+]([O-])c1cc2sc(N3CCOCC3)nc2nc1N1CC[C@@H](O)C1. The number of aliphatic hydroxyl groups excluding tert-OH is 1. The normalized spacial score (nSPS) is 21.6. The van der Waals surface area contributed by atoms with E-state index in [2.05, 4.69) is 14.9 Å². The molecule has 1 atom stereocenters. The fraction of sp³-hybridized carbons (Fsp3) is 0.571. The summed E-state index contributed by atoms with van der Waals surface area (Å²) < 4.78 is 6.04. The second kappa shape index (κ2) is 6.11. The van der Waals surface area contributed by atoms with E-state index < -0.39 is 11.0 Å². The zero-order valence-corrected chi connectivity index (χ0v) is 13.7. The molecule has 10 heteroatoms. The number of aliphatic hydroxyl groups is 1. The number of rotatable bonds is 3. The predicted molar refractivity (Wildman–Crippen MR) is 89.9 cm³/mol. The first-order chi connectivity index (χ1) is 11.6. The van der Waals surface area contributed by atoms with Crippen LogP contribution in [0.2, 0.25) is 0 Å². The third-order valence-corrected chi connectivity index (χ3v) is 5.33. The van der Waals surface area contributed by atoms with E-state index in [1.165, 1.54) is 11.3 Å². The van der Waals surface area contributed by atoms with Crippen molar-refractivity contribution in [2.45, 2.75) is 12.5 Å². The Morgan fingerprint density at radius 2 is 2.08 bits per heavy atom. The number of pyridine rings is 1. The molecule has 128 valence electrons. The number of anilines is 2. The van der Waals surface area contributed by atoms with E-state index in [4.69, 9.17) is 4.74 Å². The Bertz CT molecular complexity index is 776. The molecule has 0 radical (unpaired) electrons. The van der Waals surface area contributed by atoms with Crippen LogP contribution in [0.5, 0.6) is 0 Å². The van der Waals surface area contributed by atoms with Crippen LogP contribution in [0.1, 0.15) is 6.42 Å². The topological polar surface area (TPSA) is 105 Å². The molecule has 4 rings (SSSR count). The molecule has 0 amide bonds. The van der Waals surface area contributed by atoms with Crippen molar-refractivity contribution in [1.82, 2.24) is 9.97 Å². The van der Waals surface area contributed by atoms with Crippen LogP contribution in [0.15, 0.2) is 6.07 Å². The smallest absolute Gasteiger partial charge is 0.313 e. The van der Waals surface area contributed by atoms with Gasteiger partial charge in [0.2, 0.25) is 5.82 Å². The van der Waals surface area contributed by atoms with Crippen molar-refractivity contribution in [2.75, 3.05) is 49.2 Å². The van der Waals surface area contributed by atoms with Crippen LogP contribution in [0.25, 0.3) is 10.3 Å². The molecule has 0 saturated carbocycles. The average Bonchev–Trinajstić information content (AvgIpc) is 3.20. The summed E-state index contributed by atoms with van der Waals surface area (Å²) in [6.45, 7) is 3.74. The summed E-state index contributed by atoms with van der Waals surface area (Å²) in [5.41, 5.74) is 0.484. The van der Waals surface area contributed by atoms with Gasteiger partial charge in [-0.05, 0) is 6.42 Å². The molecule has 2 aliphatic heterocycles. The summed E-state index contributed by atoms with van der Waals surface area (Å²) in [5.74, 6) is 0.294. The number of aromatic nitrogens is 2. The Hall–Kier alpha value is -2.04. The number of nitro groups is 1. The Balaban J connectivity index is 1.74. The Labute approximate surface area is 141 Å². The van der Waals surface area contributed by atoms with Crippen LogP contribution in [0, 0.1) is 10.1 Å². The molecule has 2 aliphatic rings. The first kappa shape index (κ1) is 15.5. The second-order valence-electron chi connectivity index (χ2n) is 5.89. The molecular formula is C14H17N5O4S. The predicted octanol–water partition coefficient (Wildman–Crippen LogP) is 1.01. The molecule has 2 aromatic rings. The molecule has 2 saturated heterocycles. The molecule has 9 nitrogen and oxygen atoms in total. The Morgan fingerprint density at radius 1 is 1.29 bits per heavy atom. The quantitative estimate of drug-likeness (QED) is 0.645. The van der Waals surface area contributed by atoms with E-state index in [1.807, 2.05) is 0 Å². The number of nitrogens with zero attached hydrogens (tertiary/aromatic N) is 5. The van der Waals surface area contributed by atoms with Crippen molar-refractivity contribution in [3.63, 3.8) is 0 Å². The number of ether oxygens (including phenoxy) is 1. The lowest BCUT2D eigenvalue weighted by Gasteiger charge is -2.25. The maximum absolute atomic E-state index is 11.4. The lowest BCUT2D eigenvalue weighted by atomic mass is 10.3. The monoisotopic (exact) mass is 351 g/mol. The third kappa shape index (κ3) is 2.76. The first-order valence-corrected chi connectivity index (χ1v) is 8.65. The zero-order chi connectivity index (χ0) is 16.7. The number of morpholine rings is 1. The highest BCUT2D eigenvalue weighted by Crippen LogP contribution is 2.36. The van der Waals surface area contributed by atoms with Gasteiger partial charge in [-0.3, -0.25) is 10.1 Å². The standard InChI is InChI=1S/C14H17N5O4S/c20-9-1-2-18(8-9)13-10(19(21)22)7-11-12(15-13)16-14(24-11)17-3-5-23-6-4-17/h7,9,20H,1-6,8H2/t9-/m1/s1. The minimum absolute atomic E-state index is 0.0335. The Morgan fingerprint density at radius 3 is 2.75 bits per heavy atom. The van der Waals surface area contributed by atoms with E-state index in [-0.39, 0.29) is 5.69 Å². The summed E-state index contributed by atoms with van der Waals surface area (Å²) in [5, 5.41) is 22.0. The van der Waals surface area contributed by atoms with E-state index in [0.29, 0.717) is 48.9 Å². The molecule has 0 spiro atoms. The molecule has 0 bridgehead atoms. The zero-order valence-electron chi connectivity index (χ0n) is 12.9. The van der Waals surface area contributed by atoms with Crippen molar-refractivity contribution in [3.05, 3.63) is 16.2 Å². The van der Waals surface area contributed by atoms with Gasteiger partial charge in [0, 0.05) is 32.2 Å². The van der Waals surface area contributed by atoms with Crippen LogP contribution >= 0.6 is 11.3 Å². The van der Waals surface area contributed by atoms with Gasteiger partial charge >= 0.3 is 5.69 Å². The number of hydrogen-bond donors (Lipinski definition) is 1. The minimum atomic E-state index is -0.471. The molecule has 0 unspecified atom stereocenters. The number of fused-ring (bicyclic) bond motifs is 1. The van der Waals surface area contributed by atoms with Gasteiger partial charge in [0.25, 0.3) is 0 Å². The average molecular weight is 351 g/mol. The summed E-state index contributed by atoms with van der Waals surface area (Å²) >= 11 is 1.41. The molecule has 4 heterocycles. The molecular weight excluding hydrogens is 334 g/mol. The number of β-amino-alcohol motifs (C(OH)–C–C–N with tert-alkyl or cyclic N) is 1. The highest BCUT2D eigenvalue weighted by atomic mass is 32.1. The molecule has 1 N–H and O–H groups in total. The summed E-state index contributed by atoms with van der Waals surface area (Å²) in [6, 6.07) is 1.55. The van der Waals surface area contributed by atoms with Crippen molar-refractivity contribution < 1.29 is 14.8 Å². The van der Waals surface area contributed by atoms with Crippen LogP contribution < -0.4 is 9.80 Å². The van der Waals surface area contributed by atoms with Crippen molar-refractivity contribution >= 4 is 38.3 Å². The Kier molecular flexibility index (Phi) is 3.94.